The zero-order valence-electron chi connectivity index (χ0n) is 9.94. The van der Waals surface area contributed by atoms with Crippen molar-refractivity contribution in [2.75, 3.05) is 18.4 Å². The third-order valence-electron chi connectivity index (χ3n) is 2.41. The molecule has 1 unspecified atom stereocenters. The maximum absolute atomic E-state index is 12.0. The molecule has 4 nitrogen and oxygen atoms in total. The average molecular weight is 328 g/mol. The summed E-state index contributed by atoms with van der Waals surface area (Å²) in [4.78, 5) is 16.2. The molecule has 0 saturated heterocycles. The van der Waals surface area contributed by atoms with Crippen LogP contribution in [0.15, 0.2) is 33.7 Å². The van der Waals surface area contributed by atoms with Crippen LogP contribution in [0.25, 0.3) is 0 Å². The molecule has 0 aliphatic carbocycles. The number of hydrogen-bond acceptors (Lipinski definition) is 4. The summed E-state index contributed by atoms with van der Waals surface area (Å²) in [7, 11) is 0. The van der Waals surface area contributed by atoms with Crippen LogP contribution in [0.1, 0.15) is 6.92 Å². The van der Waals surface area contributed by atoms with Crippen LogP contribution in [0.5, 0.6) is 0 Å². The third kappa shape index (κ3) is 3.74. The SMILES string of the molecule is CC(SC1=NCCN1)C(=O)Nc1ccc(Br)cc1. The van der Waals surface area contributed by atoms with Crippen molar-refractivity contribution in [1.29, 1.82) is 0 Å². The zero-order valence-corrected chi connectivity index (χ0v) is 12.3. The Balaban J connectivity index is 1.88. The Kier molecular flexibility index (Phi) is 4.66. The van der Waals surface area contributed by atoms with E-state index in [1.807, 2.05) is 31.2 Å². The van der Waals surface area contributed by atoms with Crippen molar-refractivity contribution in [2.45, 2.75) is 12.2 Å². The first-order valence-electron chi connectivity index (χ1n) is 5.66. The molecule has 1 aliphatic rings. The van der Waals surface area contributed by atoms with Gasteiger partial charge in [0.2, 0.25) is 5.91 Å². The van der Waals surface area contributed by atoms with Crippen molar-refractivity contribution in [1.82, 2.24) is 5.32 Å². The number of thioether (sulfide) groups is 1. The first kappa shape index (κ1) is 13.4. The Labute approximate surface area is 119 Å². The summed E-state index contributed by atoms with van der Waals surface area (Å²) in [6.45, 7) is 3.54. The second-order valence-electron chi connectivity index (χ2n) is 3.87. The van der Waals surface area contributed by atoms with Crippen molar-refractivity contribution in [3.63, 3.8) is 0 Å². The Morgan fingerprint density at radius 2 is 2.22 bits per heavy atom. The molecule has 0 saturated carbocycles. The number of aliphatic imine (C=N–C) groups is 1. The molecule has 1 aromatic rings. The van der Waals surface area contributed by atoms with E-state index < -0.39 is 0 Å². The van der Waals surface area contributed by atoms with Gasteiger partial charge in [-0.05, 0) is 31.2 Å². The minimum Gasteiger partial charge on any atom is -0.363 e. The normalized spacial score (nSPS) is 15.8. The lowest BCUT2D eigenvalue weighted by Crippen LogP contribution is -2.26. The molecule has 1 heterocycles. The number of benzene rings is 1. The summed E-state index contributed by atoms with van der Waals surface area (Å²) in [6.07, 6.45) is 0. The van der Waals surface area contributed by atoms with Gasteiger partial charge >= 0.3 is 0 Å². The highest BCUT2D eigenvalue weighted by Gasteiger charge is 2.18. The van der Waals surface area contributed by atoms with Crippen LogP contribution in [0, 0.1) is 0 Å². The molecular weight excluding hydrogens is 314 g/mol. The summed E-state index contributed by atoms with van der Waals surface area (Å²) in [6, 6.07) is 7.53. The minimum atomic E-state index is -0.169. The molecule has 0 aromatic heterocycles. The van der Waals surface area contributed by atoms with E-state index in [0.29, 0.717) is 0 Å². The monoisotopic (exact) mass is 327 g/mol. The van der Waals surface area contributed by atoms with Gasteiger partial charge in [-0.2, -0.15) is 0 Å². The van der Waals surface area contributed by atoms with E-state index in [4.69, 9.17) is 0 Å². The van der Waals surface area contributed by atoms with Crippen LogP contribution in [0.2, 0.25) is 0 Å². The van der Waals surface area contributed by atoms with Crippen molar-refractivity contribution in [3.8, 4) is 0 Å². The van der Waals surface area contributed by atoms with E-state index in [9.17, 15) is 4.79 Å². The van der Waals surface area contributed by atoms with Gasteiger partial charge in [0.15, 0.2) is 5.17 Å². The van der Waals surface area contributed by atoms with Crippen LogP contribution in [-0.4, -0.2) is 29.4 Å². The van der Waals surface area contributed by atoms with Crippen LogP contribution >= 0.6 is 27.7 Å². The fourth-order valence-electron chi connectivity index (χ4n) is 1.45. The molecule has 1 aliphatic heterocycles. The molecule has 0 fully saturated rings. The van der Waals surface area contributed by atoms with Crippen LogP contribution in [0.3, 0.4) is 0 Å². The van der Waals surface area contributed by atoms with Gasteiger partial charge in [-0.3, -0.25) is 9.79 Å². The van der Waals surface area contributed by atoms with Gasteiger partial charge in [0.1, 0.15) is 0 Å². The molecule has 6 heteroatoms. The zero-order chi connectivity index (χ0) is 13.0. The van der Waals surface area contributed by atoms with E-state index in [2.05, 4.69) is 31.6 Å². The number of halogens is 1. The maximum atomic E-state index is 12.0. The molecule has 1 aromatic carbocycles. The predicted octanol–water partition coefficient (Wildman–Crippen LogP) is 2.47. The van der Waals surface area contributed by atoms with Gasteiger partial charge in [0, 0.05) is 16.7 Å². The Morgan fingerprint density at radius 3 is 2.83 bits per heavy atom. The topological polar surface area (TPSA) is 53.5 Å². The quantitative estimate of drug-likeness (QED) is 0.896. The number of nitrogens with zero attached hydrogens (tertiary/aromatic N) is 1. The smallest absolute Gasteiger partial charge is 0.237 e. The lowest BCUT2D eigenvalue weighted by Gasteiger charge is -2.12. The van der Waals surface area contributed by atoms with Gasteiger partial charge in [-0.25, -0.2) is 0 Å². The fourth-order valence-corrected chi connectivity index (χ4v) is 2.57. The summed E-state index contributed by atoms with van der Waals surface area (Å²) in [5.41, 5.74) is 0.803. The molecule has 2 rings (SSSR count). The van der Waals surface area contributed by atoms with Gasteiger partial charge in [0.05, 0.1) is 11.8 Å². The first-order valence-corrected chi connectivity index (χ1v) is 7.34. The predicted molar refractivity (Wildman–Crippen MR) is 80.1 cm³/mol. The molecule has 1 atom stereocenters. The molecule has 0 radical (unpaired) electrons. The summed E-state index contributed by atoms with van der Waals surface area (Å²) < 4.78 is 0.993. The maximum Gasteiger partial charge on any atom is 0.237 e. The first-order chi connectivity index (χ1) is 8.65. The van der Waals surface area contributed by atoms with E-state index in [0.717, 1.165) is 28.4 Å². The van der Waals surface area contributed by atoms with Gasteiger partial charge < -0.3 is 10.6 Å². The molecule has 2 N–H and O–H groups in total. The van der Waals surface area contributed by atoms with E-state index in [1.54, 1.807) is 0 Å². The number of carbonyl (C=O) groups is 1. The molecule has 18 heavy (non-hydrogen) atoms. The minimum absolute atomic E-state index is 0.0151. The Hall–Kier alpha value is -1.01. The lowest BCUT2D eigenvalue weighted by molar-refractivity contribution is -0.115. The second-order valence-corrected chi connectivity index (χ2v) is 6.12. The van der Waals surface area contributed by atoms with Crippen LogP contribution in [0.4, 0.5) is 5.69 Å². The summed E-state index contributed by atoms with van der Waals surface area (Å²) in [5.74, 6) is -0.0151. The number of nitrogens with one attached hydrogen (secondary N) is 2. The number of anilines is 1. The van der Waals surface area contributed by atoms with Gasteiger partial charge in [-0.15, -0.1) is 0 Å². The molecule has 96 valence electrons. The largest absolute Gasteiger partial charge is 0.363 e. The number of rotatable bonds is 3. The Morgan fingerprint density at radius 1 is 1.50 bits per heavy atom. The highest BCUT2D eigenvalue weighted by Crippen LogP contribution is 2.18. The summed E-state index contributed by atoms with van der Waals surface area (Å²) in [5, 5.41) is 6.71. The number of amidine groups is 1. The highest BCUT2D eigenvalue weighted by atomic mass is 79.9. The molecule has 0 bridgehead atoms. The molecule has 0 spiro atoms. The Bertz CT molecular complexity index is 461. The number of amides is 1. The number of carbonyl (C=O) groups excluding carboxylic acids is 1. The lowest BCUT2D eigenvalue weighted by atomic mass is 10.3. The van der Waals surface area contributed by atoms with Crippen LogP contribution < -0.4 is 10.6 Å². The molecular formula is C12H14BrN3OS. The van der Waals surface area contributed by atoms with Gasteiger partial charge in [-0.1, -0.05) is 27.7 Å². The molecule has 1 amide bonds. The summed E-state index contributed by atoms with van der Waals surface area (Å²) >= 11 is 4.81. The van der Waals surface area contributed by atoms with Crippen LogP contribution in [-0.2, 0) is 4.79 Å². The van der Waals surface area contributed by atoms with E-state index >= 15 is 0 Å². The van der Waals surface area contributed by atoms with Crippen molar-refractivity contribution in [2.24, 2.45) is 4.99 Å². The average Bonchev–Trinajstić information content (AvgIpc) is 2.85. The van der Waals surface area contributed by atoms with Crippen molar-refractivity contribution < 1.29 is 4.79 Å². The third-order valence-corrected chi connectivity index (χ3v) is 4.01. The fraction of sp³-hybridized carbons (Fsp3) is 0.333. The standard InChI is InChI=1S/C12H14BrN3OS/c1-8(18-12-14-6-7-15-12)11(17)16-10-4-2-9(13)3-5-10/h2-5,8H,6-7H2,1H3,(H,14,15)(H,16,17). The second kappa shape index (κ2) is 6.24. The highest BCUT2D eigenvalue weighted by molar-refractivity contribution is 9.10. The van der Waals surface area contributed by atoms with Crippen molar-refractivity contribution in [3.05, 3.63) is 28.7 Å². The number of hydrogen-bond donors (Lipinski definition) is 2. The van der Waals surface area contributed by atoms with Crippen molar-refractivity contribution >= 4 is 44.5 Å². The van der Waals surface area contributed by atoms with Gasteiger partial charge in [0.25, 0.3) is 0 Å². The van der Waals surface area contributed by atoms with E-state index in [-0.39, 0.29) is 11.2 Å². The van der Waals surface area contributed by atoms with E-state index in [1.165, 1.54) is 11.8 Å².